The van der Waals surface area contributed by atoms with Crippen molar-refractivity contribution in [3.05, 3.63) is 42.2 Å². The van der Waals surface area contributed by atoms with Gasteiger partial charge in [-0.05, 0) is 49.1 Å². The van der Waals surface area contributed by atoms with Gasteiger partial charge >= 0.3 is 0 Å². The first kappa shape index (κ1) is 11.9. The molecule has 102 valence electrons. The molecule has 20 heavy (non-hydrogen) atoms. The Balaban J connectivity index is 1.92. The van der Waals surface area contributed by atoms with Gasteiger partial charge in [0.15, 0.2) is 0 Å². The number of aromatic nitrogens is 2. The van der Waals surface area contributed by atoms with E-state index in [1.165, 1.54) is 40.2 Å². The summed E-state index contributed by atoms with van der Waals surface area (Å²) < 4.78 is 2.26. The number of fused-ring (bicyclic) bond motifs is 3. The van der Waals surface area contributed by atoms with E-state index >= 15 is 0 Å². The molecule has 0 radical (unpaired) electrons. The maximum absolute atomic E-state index is 4.29. The van der Waals surface area contributed by atoms with Gasteiger partial charge in [-0.25, -0.2) is 0 Å². The highest BCUT2D eigenvalue weighted by Gasteiger charge is 2.16. The van der Waals surface area contributed by atoms with Crippen molar-refractivity contribution in [1.82, 2.24) is 14.9 Å². The van der Waals surface area contributed by atoms with E-state index in [-0.39, 0.29) is 0 Å². The van der Waals surface area contributed by atoms with Crippen LogP contribution in [0.2, 0.25) is 0 Å². The Morgan fingerprint density at radius 1 is 1.20 bits per heavy atom. The number of rotatable bonds is 1. The van der Waals surface area contributed by atoms with Crippen molar-refractivity contribution in [1.29, 1.82) is 0 Å². The van der Waals surface area contributed by atoms with E-state index in [2.05, 4.69) is 46.2 Å². The molecule has 2 aromatic heterocycles. The molecule has 3 heteroatoms. The van der Waals surface area contributed by atoms with Gasteiger partial charge in [-0.1, -0.05) is 6.07 Å². The normalized spacial score (nSPS) is 19.8. The van der Waals surface area contributed by atoms with Crippen molar-refractivity contribution in [2.24, 2.45) is 7.05 Å². The molecule has 0 amide bonds. The second kappa shape index (κ2) is 4.60. The van der Waals surface area contributed by atoms with Crippen LogP contribution in [0.3, 0.4) is 0 Å². The largest absolute Gasteiger partial charge is 0.344 e. The minimum atomic E-state index is 0.653. The Labute approximate surface area is 118 Å². The highest BCUT2D eigenvalue weighted by Crippen LogP contribution is 2.31. The van der Waals surface area contributed by atoms with Crippen LogP contribution >= 0.6 is 0 Å². The van der Waals surface area contributed by atoms with Crippen LogP contribution in [-0.4, -0.2) is 22.6 Å². The third-order valence-electron chi connectivity index (χ3n) is 4.60. The second-order valence-electron chi connectivity index (χ2n) is 5.77. The van der Waals surface area contributed by atoms with Gasteiger partial charge in [-0.15, -0.1) is 0 Å². The molecule has 1 aliphatic heterocycles. The molecule has 1 aromatic carbocycles. The van der Waals surface area contributed by atoms with Crippen LogP contribution in [0, 0.1) is 0 Å². The zero-order valence-corrected chi connectivity index (χ0v) is 11.8. The van der Waals surface area contributed by atoms with Crippen molar-refractivity contribution in [3.8, 4) is 0 Å². The Morgan fingerprint density at radius 2 is 2.10 bits per heavy atom. The fourth-order valence-electron chi connectivity index (χ4n) is 3.47. The predicted molar refractivity (Wildman–Crippen MR) is 83.1 cm³/mol. The third kappa shape index (κ3) is 1.74. The Kier molecular flexibility index (Phi) is 2.74. The number of nitrogens with zero attached hydrogens (tertiary/aromatic N) is 2. The van der Waals surface area contributed by atoms with Crippen molar-refractivity contribution < 1.29 is 0 Å². The highest BCUT2D eigenvalue weighted by molar-refractivity contribution is 6.07. The summed E-state index contributed by atoms with van der Waals surface area (Å²) in [4.78, 5) is 4.29. The van der Waals surface area contributed by atoms with Crippen molar-refractivity contribution in [2.75, 3.05) is 13.1 Å². The monoisotopic (exact) mass is 265 g/mol. The topological polar surface area (TPSA) is 29.9 Å². The third-order valence-corrected chi connectivity index (χ3v) is 4.60. The standard InChI is InChI=1S/C17H19N3/c1-20-16-5-4-12(13-3-2-7-18-10-13)9-14(16)15-11-19-8-6-17(15)20/h4-6,8-9,11,13,18H,2-3,7,10H2,1H3. The lowest BCUT2D eigenvalue weighted by Crippen LogP contribution is -2.28. The number of pyridine rings is 1. The Morgan fingerprint density at radius 3 is 2.95 bits per heavy atom. The van der Waals surface area contributed by atoms with E-state index in [9.17, 15) is 0 Å². The van der Waals surface area contributed by atoms with E-state index in [0.717, 1.165) is 13.1 Å². The summed E-state index contributed by atoms with van der Waals surface area (Å²) in [6.07, 6.45) is 6.43. The molecular weight excluding hydrogens is 246 g/mol. The average Bonchev–Trinajstić information content (AvgIpc) is 2.81. The molecule has 3 nitrogen and oxygen atoms in total. The van der Waals surface area contributed by atoms with Crippen molar-refractivity contribution in [3.63, 3.8) is 0 Å². The Hall–Kier alpha value is -1.87. The van der Waals surface area contributed by atoms with E-state index < -0.39 is 0 Å². The number of hydrogen-bond acceptors (Lipinski definition) is 2. The lowest BCUT2D eigenvalue weighted by molar-refractivity contribution is 0.462. The number of aryl methyl sites for hydroxylation is 1. The molecular formula is C17H19N3. The molecule has 3 heterocycles. The maximum atomic E-state index is 4.29. The van der Waals surface area contributed by atoms with Gasteiger partial charge < -0.3 is 9.88 Å². The summed E-state index contributed by atoms with van der Waals surface area (Å²) in [7, 11) is 2.13. The van der Waals surface area contributed by atoms with Gasteiger partial charge in [-0.3, -0.25) is 4.98 Å². The van der Waals surface area contributed by atoms with E-state index in [1.54, 1.807) is 0 Å². The van der Waals surface area contributed by atoms with E-state index in [1.807, 2.05) is 12.4 Å². The zero-order chi connectivity index (χ0) is 13.5. The van der Waals surface area contributed by atoms with Crippen LogP contribution in [0.4, 0.5) is 0 Å². The first-order chi connectivity index (χ1) is 9.84. The summed E-state index contributed by atoms with van der Waals surface area (Å²) in [5.41, 5.74) is 4.01. The quantitative estimate of drug-likeness (QED) is 0.732. The summed E-state index contributed by atoms with van der Waals surface area (Å²) in [5, 5.41) is 6.10. The summed E-state index contributed by atoms with van der Waals surface area (Å²) in [6.45, 7) is 2.27. The average molecular weight is 265 g/mol. The van der Waals surface area contributed by atoms with Crippen molar-refractivity contribution in [2.45, 2.75) is 18.8 Å². The molecule has 1 atom stereocenters. The minimum absolute atomic E-state index is 0.653. The maximum Gasteiger partial charge on any atom is 0.0519 e. The Bertz CT molecular complexity index is 766. The number of benzene rings is 1. The second-order valence-corrected chi connectivity index (χ2v) is 5.77. The smallest absolute Gasteiger partial charge is 0.0519 e. The summed E-state index contributed by atoms with van der Waals surface area (Å²) in [6, 6.07) is 9.03. The van der Waals surface area contributed by atoms with Crippen LogP contribution in [0.25, 0.3) is 21.8 Å². The SMILES string of the molecule is Cn1c2ccncc2c2cc(C3CCCNC3)ccc21. The first-order valence-electron chi connectivity index (χ1n) is 7.37. The van der Waals surface area contributed by atoms with Crippen LogP contribution in [0.15, 0.2) is 36.7 Å². The van der Waals surface area contributed by atoms with Crippen LogP contribution < -0.4 is 5.32 Å². The molecule has 0 bridgehead atoms. The van der Waals surface area contributed by atoms with Gasteiger partial charge in [0, 0.05) is 42.3 Å². The lowest BCUT2D eigenvalue weighted by atomic mass is 9.91. The van der Waals surface area contributed by atoms with Crippen LogP contribution in [0.1, 0.15) is 24.3 Å². The van der Waals surface area contributed by atoms with E-state index in [0.29, 0.717) is 5.92 Å². The molecule has 0 spiro atoms. The molecule has 0 aliphatic carbocycles. The van der Waals surface area contributed by atoms with Gasteiger partial charge in [0.2, 0.25) is 0 Å². The zero-order valence-electron chi connectivity index (χ0n) is 11.8. The van der Waals surface area contributed by atoms with Crippen LogP contribution in [0.5, 0.6) is 0 Å². The molecule has 1 fully saturated rings. The minimum Gasteiger partial charge on any atom is -0.344 e. The molecule has 1 aliphatic rings. The summed E-state index contributed by atoms with van der Waals surface area (Å²) >= 11 is 0. The molecule has 0 saturated carbocycles. The van der Waals surface area contributed by atoms with Crippen LogP contribution in [-0.2, 0) is 7.05 Å². The van der Waals surface area contributed by atoms with Gasteiger partial charge in [0.05, 0.1) is 5.52 Å². The van der Waals surface area contributed by atoms with Gasteiger partial charge in [0.1, 0.15) is 0 Å². The number of piperidine rings is 1. The highest BCUT2D eigenvalue weighted by atomic mass is 14.9. The van der Waals surface area contributed by atoms with Gasteiger partial charge in [0.25, 0.3) is 0 Å². The molecule has 1 N–H and O–H groups in total. The lowest BCUT2D eigenvalue weighted by Gasteiger charge is -2.23. The molecule has 3 aromatic rings. The van der Waals surface area contributed by atoms with Gasteiger partial charge in [-0.2, -0.15) is 0 Å². The molecule has 4 rings (SSSR count). The predicted octanol–water partition coefficient (Wildman–Crippen LogP) is 3.19. The molecule has 1 saturated heterocycles. The van der Waals surface area contributed by atoms with E-state index in [4.69, 9.17) is 0 Å². The van der Waals surface area contributed by atoms with Crippen molar-refractivity contribution >= 4 is 21.8 Å². The molecule has 1 unspecified atom stereocenters. The summed E-state index contributed by atoms with van der Waals surface area (Å²) in [5.74, 6) is 0.653. The fourth-order valence-corrected chi connectivity index (χ4v) is 3.47. The first-order valence-corrected chi connectivity index (χ1v) is 7.37. The number of nitrogens with one attached hydrogen (secondary N) is 1. The fraction of sp³-hybridized carbons (Fsp3) is 0.353. The number of hydrogen-bond donors (Lipinski definition) is 1.